The number of nitrogens with one attached hydrogen (secondary N) is 1. The molecule has 1 aliphatic carbocycles. The Hall–Kier alpha value is -2.06. The molecular weight excluding hydrogens is 356 g/mol. The Balaban J connectivity index is 1.42. The molecule has 0 bridgehead atoms. The molecular formula is C17H18N4O2S2. The molecule has 0 aliphatic heterocycles. The molecule has 1 amide bonds. The zero-order valence-corrected chi connectivity index (χ0v) is 15.3. The maximum absolute atomic E-state index is 12.2. The van der Waals surface area contributed by atoms with E-state index in [2.05, 4.69) is 26.1 Å². The van der Waals surface area contributed by atoms with Gasteiger partial charge >= 0.3 is 0 Å². The number of rotatable bonds is 7. The Kier molecular flexibility index (Phi) is 4.63. The van der Waals surface area contributed by atoms with Crippen molar-refractivity contribution >= 4 is 29.0 Å². The van der Waals surface area contributed by atoms with Crippen LogP contribution in [0.5, 0.6) is 0 Å². The molecule has 0 unspecified atom stereocenters. The van der Waals surface area contributed by atoms with E-state index in [0.29, 0.717) is 11.8 Å². The maximum atomic E-state index is 12.2. The first-order chi connectivity index (χ1) is 12.2. The van der Waals surface area contributed by atoms with Gasteiger partial charge in [0.1, 0.15) is 5.76 Å². The van der Waals surface area contributed by atoms with E-state index in [-0.39, 0.29) is 11.9 Å². The number of thioether (sulfide) groups is 1. The summed E-state index contributed by atoms with van der Waals surface area (Å²) in [5.74, 6) is 1.92. The lowest BCUT2D eigenvalue weighted by Gasteiger charge is -2.11. The molecule has 6 nitrogen and oxygen atoms in total. The molecule has 4 rings (SSSR count). The van der Waals surface area contributed by atoms with Crippen molar-refractivity contribution in [3.05, 3.63) is 41.7 Å². The lowest BCUT2D eigenvalue weighted by atomic mass is 10.2. The number of hydrogen-bond acceptors (Lipinski definition) is 6. The van der Waals surface area contributed by atoms with Gasteiger partial charge in [-0.15, -0.1) is 21.5 Å². The molecule has 130 valence electrons. The van der Waals surface area contributed by atoms with Crippen molar-refractivity contribution in [1.29, 1.82) is 0 Å². The Bertz CT molecular complexity index is 838. The summed E-state index contributed by atoms with van der Waals surface area (Å²) >= 11 is 3.09. The molecule has 25 heavy (non-hydrogen) atoms. The molecule has 1 N–H and O–H groups in total. The van der Waals surface area contributed by atoms with E-state index in [1.807, 2.05) is 30.5 Å². The van der Waals surface area contributed by atoms with E-state index in [1.165, 1.54) is 11.8 Å². The Morgan fingerprint density at radius 1 is 1.44 bits per heavy atom. The third-order valence-corrected chi connectivity index (χ3v) is 5.81. The summed E-state index contributed by atoms with van der Waals surface area (Å²) in [4.78, 5) is 13.3. The summed E-state index contributed by atoms with van der Waals surface area (Å²) in [7, 11) is 0. The van der Waals surface area contributed by atoms with Crippen LogP contribution in [-0.2, 0) is 4.79 Å². The van der Waals surface area contributed by atoms with Crippen LogP contribution < -0.4 is 5.32 Å². The zero-order valence-electron chi connectivity index (χ0n) is 13.7. The second-order valence-corrected chi connectivity index (χ2v) is 7.87. The summed E-state index contributed by atoms with van der Waals surface area (Å²) < 4.78 is 7.50. The normalized spacial score (nSPS) is 15.2. The topological polar surface area (TPSA) is 73.0 Å². The Labute approximate surface area is 153 Å². The van der Waals surface area contributed by atoms with Crippen molar-refractivity contribution in [2.45, 2.75) is 37.0 Å². The minimum absolute atomic E-state index is 0.0445. The monoisotopic (exact) mass is 374 g/mol. The van der Waals surface area contributed by atoms with E-state index in [1.54, 1.807) is 17.6 Å². The summed E-state index contributed by atoms with van der Waals surface area (Å²) in [6, 6.07) is 8.05. The van der Waals surface area contributed by atoms with Crippen molar-refractivity contribution in [1.82, 2.24) is 20.1 Å². The van der Waals surface area contributed by atoms with Crippen molar-refractivity contribution < 1.29 is 9.21 Å². The maximum Gasteiger partial charge on any atom is 0.231 e. The van der Waals surface area contributed by atoms with Gasteiger partial charge in [0.2, 0.25) is 5.91 Å². The molecule has 0 spiro atoms. The van der Waals surface area contributed by atoms with Crippen molar-refractivity contribution in [3.63, 3.8) is 0 Å². The van der Waals surface area contributed by atoms with Gasteiger partial charge in [-0.05, 0) is 43.3 Å². The van der Waals surface area contributed by atoms with E-state index in [0.717, 1.165) is 34.5 Å². The van der Waals surface area contributed by atoms with Crippen LogP contribution in [0.1, 0.15) is 37.6 Å². The van der Waals surface area contributed by atoms with Crippen LogP contribution in [0.2, 0.25) is 0 Å². The first-order valence-corrected chi connectivity index (χ1v) is 10.0. The van der Waals surface area contributed by atoms with E-state index < -0.39 is 0 Å². The van der Waals surface area contributed by atoms with Crippen LogP contribution in [0, 0.1) is 0 Å². The van der Waals surface area contributed by atoms with E-state index in [9.17, 15) is 4.79 Å². The summed E-state index contributed by atoms with van der Waals surface area (Å²) in [6.45, 7) is 1.91. The van der Waals surface area contributed by atoms with E-state index in [4.69, 9.17) is 4.42 Å². The highest BCUT2D eigenvalue weighted by Gasteiger charge is 2.30. The minimum atomic E-state index is -0.147. The molecule has 0 aromatic carbocycles. The highest BCUT2D eigenvalue weighted by atomic mass is 32.2. The van der Waals surface area contributed by atoms with Gasteiger partial charge in [0.15, 0.2) is 11.0 Å². The number of furan rings is 1. The van der Waals surface area contributed by atoms with Crippen LogP contribution in [-0.4, -0.2) is 26.4 Å². The van der Waals surface area contributed by atoms with Crippen LogP contribution in [0.3, 0.4) is 0 Å². The largest absolute Gasteiger partial charge is 0.467 e. The third kappa shape index (κ3) is 3.64. The Morgan fingerprint density at radius 3 is 3.00 bits per heavy atom. The van der Waals surface area contributed by atoms with Gasteiger partial charge in [-0.25, -0.2) is 0 Å². The fourth-order valence-corrected chi connectivity index (χ4v) is 4.16. The summed E-state index contributed by atoms with van der Waals surface area (Å²) in [5.41, 5.74) is 0. The molecule has 1 atom stereocenters. The molecule has 8 heteroatoms. The fourth-order valence-electron chi connectivity index (χ4n) is 2.63. The first kappa shape index (κ1) is 16.4. The molecule has 0 radical (unpaired) electrons. The SMILES string of the molecule is C[C@H](NC(=O)CSc1nnc(-c2cccs2)n1C1CC1)c1ccco1. The lowest BCUT2D eigenvalue weighted by molar-refractivity contribution is -0.119. The number of carbonyl (C=O) groups excluding carboxylic acids is 1. The van der Waals surface area contributed by atoms with Crippen LogP contribution in [0.4, 0.5) is 0 Å². The second-order valence-electron chi connectivity index (χ2n) is 5.98. The van der Waals surface area contributed by atoms with Gasteiger partial charge < -0.3 is 9.73 Å². The quantitative estimate of drug-likeness (QED) is 0.635. The number of thiophene rings is 1. The molecule has 3 aromatic rings. The highest BCUT2D eigenvalue weighted by molar-refractivity contribution is 7.99. The number of amides is 1. The predicted molar refractivity (Wildman–Crippen MR) is 97.6 cm³/mol. The molecule has 3 heterocycles. The van der Waals surface area contributed by atoms with Gasteiger partial charge in [-0.3, -0.25) is 9.36 Å². The second kappa shape index (κ2) is 7.05. The lowest BCUT2D eigenvalue weighted by Crippen LogP contribution is -2.28. The standard InChI is InChI=1S/C17H18N4O2S2/c1-11(13-4-2-8-23-13)18-15(22)10-25-17-20-19-16(14-5-3-9-24-14)21(17)12-6-7-12/h2-5,8-9,11-12H,6-7,10H2,1H3,(H,18,22)/t11-/m0/s1. The fraction of sp³-hybridized carbons (Fsp3) is 0.353. The molecule has 1 fully saturated rings. The average molecular weight is 374 g/mol. The van der Waals surface area contributed by atoms with Gasteiger partial charge in [0.25, 0.3) is 0 Å². The van der Waals surface area contributed by atoms with Gasteiger partial charge in [-0.1, -0.05) is 17.8 Å². The van der Waals surface area contributed by atoms with Gasteiger partial charge in [0, 0.05) is 6.04 Å². The third-order valence-electron chi connectivity index (χ3n) is 4.00. The zero-order chi connectivity index (χ0) is 17.2. The van der Waals surface area contributed by atoms with Crippen LogP contribution in [0.25, 0.3) is 10.7 Å². The smallest absolute Gasteiger partial charge is 0.231 e. The molecule has 1 saturated carbocycles. The number of nitrogens with zero attached hydrogens (tertiary/aromatic N) is 3. The van der Waals surface area contributed by atoms with Crippen LogP contribution in [0.15, 0.2) is 45.5 Å². The molecule has 0 saturated heterocycles. The predicted octanol–water partition coefficient (Wildman–Crippen LogP) is 3.90. The highest BCUT2D eigenvalue weighted by Crippen LogP contribution is 2.41. The van der Waals surface area contributed by atoms with Gasteiger partial charge in [-0.2, -0.15) is 0 Å². The first-order valence-electron chi connectivity index (χ1n) is 8.16. The number of aromatic nitrogens is 3. The van der Waals surface area contributed by atoms with Gasteiger partial charge in [0.05, 0.1) is 22.9 Å². The number of hydrogen-bond donors (Lipinski definition) is 1. The average Bonchev–Trinajstić information content (AvgIpc) is 3.06. The van der Waals surface area contributed by atoms with Crippen molar-refractivity contribution in [2.24, 2.45) is 0 Å². The van der Waals surface area contributed by atoms with Crippen molar-refractivity contribution in [3.8, 4) is 10.7 Å². The molecule has 3 aromatic heterocycles. The molecule has 1 aliphatic rings. The van der Waals surface area contributed by atoms with E-state index >= 15 is 0 Å². The van der Waals surface area contributed by atoms with Crippen LogP contribution >= 0.6 is 23.1 Å². The Morgan fingerprint density at radius 2 is 2.32 bits per heavy atom. The van der Waals surface area contributed by atoms with Crippen molar-refractivity contribution in [2.75, 3.05) is 5.75 Å². The summed E-state index contributed by atoms with van der Waals surface area (Å²) in [6.07, 6.45) is 3.90. The minimum Gasteiger partial charge on any atom is -0.467 e. The summed E-state index contributed by atoms with van der Waals surface area (Å²) in [5, 5.41) is 14.5. The number of carbonyl (C=O) groups is 1.